The van der Waals surface area contributed by atoms with E-state index in [4.69, 9.17) is 9.47 Å². The molecule has 202 valence electrons. The minimum absolute atomic E-state index is 0.125. The number of amides is 3. The Morgan fingerprint density at radius 2 is 1.61 bits per heavy atom. The number of anilines is 1. The van der Waals surface area contributed by atoms with Gasteiger partial charge in [-0.05, 0) is 43.9 Å². The zero-order chi connectivity index (χ0) is 27.3. The van der Waals surface area contributed by atoms with Gasteiger partial charge in [0.25, 0.3) is 0 Å². The molecule has 0 saturated heterocycles. The highest BCUT2D eigenvalue weighted by atomic mass is 16.5. The predicted molar refractivity (Wildman–Crippen MR) is 139 cm³/mol. The van der Waals surface area contributed by atoms with Gasteiger partial charge in [-0.3, -0.25) is 19.2 Å². The fourth-order valence-electron chi connectivity index (χ4n) is 3.18. The first-order valence-corrected chi connectivity index (χ1v) is 12.6. The monoisotopic (exact) mass is 505 g/mol. The Labute approximate surface area is 215 Å². The molecule has 3 amide bonds. The Morgan fingerprint density at radius 1 is 0.972 bits per heavy atom. The molecule has 0 heterocycles. The molecule has 0 aliphatic rings. The average Bonchev–Trinajstić information content (AvgIpc) is 2.79. The van der Waals surface area contributed by atoms with Crippen molar-refractivity contribution in [2.75, 3.05) is 18.5 Å². The Balaban J connectivity index is 2.53. The van der Waals surface area contributed by atoms with Crippen LogP contribution >= 0.6 is 0 Å². The van der Waals surface area contributed by atoms with Gasteiger partial charge in [0.2, 0.25) is 17.7 Å². The lowest BCUT2D eigenvalue weighted by molar-refractivity contribution is -0.148. The van der Waals surface area contributed by atoms with Gasteiger partial charge >= 0.3 is 5.97 Å². The maximum atomic E-state index is 12.7. The van der Waals surface area contributed by atoms with Crippen molar-refractivity contribution in [2.24, 2.45) is 11.8 Å². The highest BCUT2D eigenvalue weighted by molar-refractivity contribution is 5.96. The van der Waals surface area contributed by atoms with Crippen molar-refractivity contribution in [3.8, 4) is 0 Å². The van der Waals surface area contributed by atoms with Gasteiger partial charge in [-0.2, -0.15) is 0 Å². The van der Waals surface area contributed by atoms with Crippen LogP contribution in [0.1, 0.15) is 73.3 Å². The number of esters is 1. The molecular weight excluding hydrogens is 462 g/mol. The van der Waals surface area contributed by atoms with Gasteiger partial charge in [0.05, 0.1) is 24.5 Å². The first-order valence-electron chi connectivity index (χ1n) is 12.6. The maximum Gasteiger partial charge on any atom is 0.308 e. The van der Waals surface area contributed by atoms with Crippen molar-refractivity contribution >= 4 is 29.4 Å². The topological polar surface area (TPSA) is 123 Å². The van der Waals surface area contributed by atoms with Gasteiger partial charge in [-0.15, -0.1) is 0 Å². The van der Waals surface area contributed by atoms with Gasteiger partial charge in [0.1, 0.15) is 12.6 Å². The van der Waals surface area contributed by atoms with Crippen LogP contribution < -0.4 is 16.0 Å². The van der Waals surface area contributed by atoms with Crippen LogP contribution in [0.5, 0.6) is 0 Å². The number of carbonyl (C=O) groups is 4. The van der Waals surface area contributed by atoms with E-state index >= 15 is 0 Å². The number of rotatable bonds is 15. The molecule has 0 aliphatic carbocycles. The summed E-state index contributed by atoms with van der Waals surface area (Å²) in [5.74, 6) is -1.75. The number of carbonyl (C=O) groups excluding carboxylic acids is 4. The number of nitrogens with one attached hydrogen (secondary N) is 3. The van der Waals surface area contributed by atoms with E-state index < -0.39 is 23.5 Å². The summed E-state index contributed by atoms with van der Waals surface area (Å²) in [4.78, 5) is 49.1. The van der Waals surface area contributed by atoms with Crippen LogP contribution in [0.2, 0.25) is 0 Å². The summed E-state index contributed by atoms with van der Waals surface area (Å²) >= 11 is 0. The molecule has 0 fully saturated rings. The molecule has 1 unspecified atom stereocenters. The molecule has 9 nitrogen and oxygen atoms in total. The summed E-state index contributed by atoms with van der Waals surface area (Å²) in [6, 6.07) is 6.11. The molecule has 1 aromatic carbocycles. The zero-order valence-corrected chi connectivity index (χ0v) is 22.7. The van der Waals surface area contributed by atoms with Crippen molar-refractivity contribution < 1.29 is 28.7 Å². The molecule has 0 radical (unpaired) electrons. The third-order valence-electron chi connectivity index (χ3n) is 5.36. The smallest absolute Gasteiger partial charge is 0.308 e. The molecule has 36 heavy (non-hydrogen) atoms. The van der Waals surface area contributed by atoms with E-state index in [-0.39, 0.29) is 43.3 Å². The van der Waals surface area contributed by atoms with Crippen LogP contribution in [-0.4, -0.2) is 48.5 Å². The Hall–Kier alpha value is -2.94. The summed E-state index contributed by atoms with van der Waals surface area (Å²) in [5.41, 5.74) is 0.708. The quantitative estimate of drug-likeness (QED) is 0.247. The first kappa shape index (κ1) is 31.1. The second-order valence-electron chi connectivity index (χ2n) is 10.2. The standard InChI is InChI=1S/C27H43N3O6/c1-8-9-14-36-27(6,7)15-22(31)30-24(18(2)3)25(33)28-16-23(32)29-21-12-10-20(11-13-21)17-35-26(34)19(4)5/h10-13,18-19,24H,8-9,14-17H2,1-7H3,(H,28,33)(H,29,32)(H,30,31). The van der Waals surface area contributed by atoms with Crippen molar-refractivity contribution in [2.45, 2.75) is 86.0 Å². The SMILES string of the molecule is CCCCOC(C)(C)CC(=O)NC(C(=O)NCC(=O)Nc1ccc(COC(=O)C(C)C)cc1)C(C)C. The Bertz CT molecular complexity index is 865. The number of unbranched alkanes of at least 4 members (excludes halogenated alkanes) is 1. The predicted octanol–water partition coefficient (Wildman–Crippen LogP) is 3.57. The van der Waals surface area contributed by atoms with E-state index in [1.807, 2.05) is 27.7 Å². The third-order valence-corrected chi connectivity index (χ3v) is 5.36. The minimum Gasteiger partial charge on any atom is -0.461 e. The summed E-state index contributed by atoms with van der Waals surface area (Å²) in [5, 5.41) is 8.07. The lowest BCUT2D eigenvalue weighted by Gasteiger charge is -2.27. The molecule has 0 aromatic heterocycles. The van der Waals surface area contributed by atoms with Crippen molar-refractivity contribution in [1.29, 1.82) is 0 Å². The fraction of sp³-hybridized carbons (Fsp3) is 0.630. The fourth-order valence-corrected chi connectivity index (χ4v) is 3.18. The highest BCUT2D eigenvalue weighted by Crippen LogP contribution is 2.16. The molecule has 0 bridgehead atoms. The second kappa shape index (κ2) is 15.2. The third kappa shape index (κ3) is 12.2. The molecule has 1 atom stereocenters. The van der Waals surface area contributed by atoms with E-state index in [2.05, 4.69) is 22.9 Å². The molecule has 3 N–H and O–H groups in total. The number of benzene rings is 1. The van der Waals surface area contributed by atoms with Crippen LogP contribution in [-0.2, 0) is 35.3 Å². The highest BCUT2D eigenvalue weighted by Gasteiger charge is 2.28. The molecular formula is C27H43N3O6. The van der Waals surface area contributed by atoms with E-state index in [1.54, 1.807) is 38.1 Å². The first-order chi connectivity index (χ1) is 16.8. The van der Waals surface area contributed by atoms with E-state index in [1.165, 1.54) is 0 Å². The van der Waals surface area contributed by atoms with Crippen LogP contribution in [0.3, 0.4) is 0 Å². The largest absolute Gasteiger partial charge is 0.461 e. The van der Waals surface area contributed by atoms with Crippen molar-refractivity contribution in [3.05, 3.63) is 29.8 Å². The summed E-state index contributed by atoms with van der Waals surface area (Å²) < 4.78 is 11.0. The lowest BCUT2D eigenvalue weighted by Crippen LogP contribution is -2.52. The van der Waals surface area contributed by atoms with Gasteiger partial charge in [0.15, 0.2) is 0 Å². The summed E-state index contributed by atoms with van der Waals surface area (Å²) in [6.07, 6.45) is 2.05. The summed E-state index contributed by atoms with van der Waals surface area (Å²) in [6.45, 7) is 13.5. The number of ether oxygens (including phenoxy) is 2. The Kier molecular flexibility index (Phi) is 13.2. The van der Waals surface area contributed by atoms with Gasteiger partial charge in [-0.25, -0.2) is 0 Å². The number of hydrogen-bond donors (Lipinski definition) is 3. The zero-order valence-electron chi connectivity index (χ0n) is 22.7. The maximum absolute atomic E-state index is 12.7. The van der Waals surface area contributed by atoms with Crippen LogP contribution in [0.4, 0.5) is 5.69 Å². The van der Waals surface area contributed by atoms with Crippen molar-refractivity contribution in [3.63, 3.8) is 0 Å². The average molecular weight is 506 g/mol. The van der Waals surface area contributed by atoms with Crippen LogP contribution in [0.25, 0.3) is 0 Å². The van der Waals surface area contributed by atoms with Gasteiger partial charge in [-0.1, -0.05) is 53.2 Å². The molecule has 0 saturated carbocycles. The minimum atomic E-state index is -0.774. The molecule has 0 spiro atoms. The van der Waals surface area contributed by atoms with Gasteiger partial charge < -0.3 is 25.4 Å². The van der Waals surface area contributed by atoms with Crippen LogP contribution in [0.15, 0.2) is 24.3 Å². The second-order valence-corrected chi connectivity index (χ2v) is 10.2. The van der Waals surface area contributed by atoms with Gasteiger partial charge in [0, 0.05) is 12.3 Å². The van der Waals surface area contributed by atoms with E-state index in [9.17, 15) is 19.2 Å². The van der Waals surface area contributed by atoms with E-state index in [0.717, 1.165) is 18.4 Å². The van der Waals surface area contributed by atoms with Crippen molar-refractivity contribution in [1.82, 2.24) is 10.6 Å². The number of hydrogen-bond acceptors (Lipinski definition) is 6. The molecule has 9 heteroatoms. The van der Waals surface area contributed by atoms with Crippen LogP contribution in [0, 0.1) is 11.8 Å². The molecule has 0 aliphatic heterocycles. The Morgan fingerprint density at radius 3 is 2.17 bits per heavy atom. The molecule has 1 aromatic rings. The summed E-state index contributed by atoms with van der Waals surface area (Å²) in [7, 11) is 0. The lowest BCUT2D eigenvalue weighted by atomic mass is 10.0. The van der Waals surface area contributed by atoms with E-state index in [0.29, 0.717) is 12.3 Å². The normalized spacial score (nSPS) is 12.2. The molecule has 1 rings (SSSR count).